The van der Waals surface area contributed by atoms with Crippen LogP contribution in [0.5, 0.6) is 0 Å². The lowest BCUT2D eigenvalue weighted by Gasteiger charge is -2.07. The lowest BCUT2D eigenvalue weighted by molar-refractivity contribution is -0.115. The lowest BCUT2D eigenvalue weighted by atomic mass is 10.2. The van der Waals surface area contributed by atoms with Gasteiger partial charge < -0.3 is 10.1 Å². The number of nitrogens with one attached hydrogen (secondary N) is 1. The van der Waals surface area contributed by atoms with Crippen molar-refractivity contribution in [2.75, 3.05) is 18.2 Å². The fraction of sp³-hybridized carbons (Fsp3) is 0.235. The molecule has 0 saturated carbocycles. The van der Waals surface area contributed by atoms with Crippen LogP contribution in [0.1, 0.15) is 12.0 Å². The van der Waals surface area contributed by atoms with E-state index < -0.39 is 0 Å². The molecule has 0 heterocycles. The smallest absolute Gasteiger partial charge is 0.225 e. The topological polar surface area (TPSA) is 38.3 Å². The van der Waals surface area contributed by atoms with Crippen molar-refractivity contribution in [2.45, 2.75) is 17.9 Å². The van der Waals surface area contributed by atoms with Crippen LogP contribution in [0.4, 0.5) is 5.69 Å². The van der Waals surface area contributed by atoms with E-state index in [2.05, 4.69) is 5.32 Å². The molecule has 0 aliphatic carbocycles. The number of halogens is 1. The molecule has 1 amide bonds. The average molecular weight is 336 g/mol. The van der Waals surface area contributed by atoms with Crippen LogP contribution in [-0.2, 0) is 16.1 Å². The minimum absolute atomic E-state index is 0.0102. The van der Waals surface area contributed by atoms with Crippen molar-refractivity contribution in [1.29, 1.82) is 0 Å². The molecule has 22 heavy (non-hydrogen) atoms. The molecule has 0 aliphatic heterocycles. The number of carbonyl (C=O) groups excluding carboxylic acids is 1. The van der Waals surface area contributed by atoms with Crippen LogP contribution < -0.4 is 5.32 Å². The van der Waals surface area contributed by atoms with Gasteiger partial charge in [-0.15, -0.1) is 11.8 Å². The van der Waals surface area contributed by atoms with Crippen LogP contribution in [0.25, 0.3) is 0 Å². The Hall–Kier alpha value is -1.49. The van der Waals surface area contributed by atoms with Crippen LogP contribution in [0.3, 0.4) is 0 Å². The van der Waals surface area contributed by atoms with E-state index in [0.29, 0.717) is 13.0 Å². The minimum Gasteiger partial charge on any atom is -0.380 e. The van der Waals surface area contributed by atoms with Gasteiger partial charge in [0.15, 0.2) is 0 Å². The summed E-state index contributed by atoms with van der Waals surface area (Å²) >= 11 is 7.48. The van der Waals surface area contributed by atoms with Gasteiger partial charge in [-0.25, -0.2) is 0 Å². The Morgan fingerprint density at radius 3 is 2.73 bits per heavy atom. The maximum atomic E-state index is 11.9. The number of thioether (sulfide) groups is 1. The number of hydrogen-bond acceptors (Lipinski definition) is 3. The predicted molar refractivity (Wildman–Crippen MR) is 92.6 cm³/mol. The highest BCUT2D eigenvalue weighted by molar-refractivity contribution is 7.99. The molecule has 0 aliphatic rings. The van der Waals surface area contributed by atoms with Crippen molar-refractivity contribution in [3.8, 4) is 0 Å². The molecular formula is C17H18ClNO2S. The number of amides is 1. The van der Waals surface area contributed by atoms with Gasteiger partial charge in [0.05, 0.1) is 6.61 Å². The van der Waals surface area contributed by atoms with E-state index >= 15 is 0 Å². The minimum atomic E-state index is 0.0102. The summed E-state index contributed by atoms with van der Waals surface area (Å²) in [4.78, 5) is 13.1. The number of hydrogen-bond donors (Lipinski definition) is 1. The van der Waals surface area contributed by atoms with Gasteiger partial charge in [-0.3, -0.25) is 4.79 Å². The summed E-state index contributed by atoms with van der Waals surface area (Å²) in [6.07, 6.45) is 0.460. The van der Waals surface area contributed by atoms with Crippen LogP contribution in [-0.4, -0.2) is 18.8 Å². The van der Waals surface area contributed by atoms with E-state index in [9.17, 15) is 4.79 Å². The van der Waals surface area contributed by atoms with Crippen molar-refractivity contribution < 1.29 is 9.53 Å². The number of methoxy groups -OCH3 is 1. The second kappa shape index (κ2) is 8.83. The molecular weight excluding hydrogens is 318 g/mol. The van der Waals surface area contributed by atoms with Crippen LogP contribution in [0, 0.1) is 0 Å². The van der Waals surface area contributed by atoms with Crippen molar-refractivity contribution in [1.82, 2.24) is 0 Å². The van der Waals surface area contributed by atoms with Gasteiger partial charge in [0, 0.05) is 34.9 Å². The number of benzene rings is 2. The third kappa shape index (κ3) is 5.72. The third-order valence-electron chi connectivity index (χ3n) is 2.93. The zero-order valence-corrected chi connectivity index (χ0v) is 13.9. The van der Waals surface area contributed by atoms with Crippen molar-refractivity contribution in [3.05, 3.63) is 59.1 Å². The Balaban J connectivity index is 1.78. The second-order valence-corrected chi connectivity index (χ2v) is 6.34. The van der Waals surface area contributed by atoms with Crippen LogP contribution >= 0.6 is 23.4 Å². The molecule has 0 radical (unpaired) electrons. The molecule has 2 aromatic rings. The van der Waals surface area contributed by atoms with Crippen molar-refractivity contribution >= 4 is 35.0 Å². The highest BCUT2D eigenvalue weighted by Crippen LogP contribution is 2.21. The molecule has 0 fully saturated rings. The Morgan fingerprint density at radius 2 is 2.00 bits per heavy atom. The first-order chi connectivity index (χ1) is 10.7. The molecule has 0 bridgehead atoms. The van der Waals surface area contributed by atoms with E-state index in [0.717, 1.165) is 26.9 Å². The fourth-order valence-corrected chi connectivity index (χ4v) is 2.90. The van der Waals surface area contributed by atoms with Crippen LogP contribution in [0.2, 0.25) is 5.02 Å². The van der Waals surface area contributed by atoms with Crippen molar-refractivity contribution in [3.63, 3.8) is 0 Å². The van der Waals surface area contributed by atoms with Gasteiger partial charge in [0.1, 0.15) is 0 Å². The summed E-state index contributed by atoms with van der Waals surface area (Å²) in [5.41, 5.74) is 1.84. The normalized spacial score (nSPS) is 10.5. The van der Waals surface area contributed by atoms with Gasteiger partial charge in [-0.2, -0.15) is 0 Å². The molecule has 5 heteroatoms. The number of rotatable bonds is 7. The predicted octanol–water partition coefficient (Wildman–Crippen LogP) is 4.61. The monoisotopic (exact) mass is 335 g/mol. The highest BCUT2D eigenvalue weighted by Gasteiger charge is 2.04. The van der Waals surface area contributed by atoms with E-state index in [-0.39, 0.29) is 5.91 Å². The summed E-state index contributed by atoms with van der Waals surface area (Å²) in [6, 6.07) is 15.3. The molecule has 0 aromatic heterocycles. The summed E-state index contributed by atoms with van der Waals surface area (Å²) in [5, 5.41) is 3.63. The Bertz CT molecular complexity index is 616. The Morgan fingerprint density at radius 1 is 1.23 bits per heavy atom. The molecule has 116 valence electrons. The number of anilines is 1. The first-order valence-corrected chi connectivity index (χ1v) is 8.30. The summed E-state index contributed by atoms with van der Waals surface area (Å²) in [5.74, 6) is 0.738. The molecule has 0 atom stereocenters. The molecule has 0 unspecified atom stereocenters. The third-order valence-corrected chi connectivity index (χ3v) is 4.20. The molecule has 0 spiro atoms. The Kier molecular flexibility index (Phi) is 6.77. The van der Waals surface area contributed by atoms with Crippen molar-refractivity contribution in [2.24, 2.45) is 0 Å². The maximum Gasteiger partial charge on any atom is 0.225 e. The largest absolute Gasteiger partial charge is 0.380 e. The van der Waals surface area contributed by atoms with Gasteiger partial charge in [0.2, 0.25) is 5.91 Å². The molecule has 2 aromatic carbocycles. The standard InChI is InChI=1S/C17H18ClNO2S/c1-21-12-13-3-2-4-15(11-13)19-17(20)9-10-22-16-7-5-14(18)6-8-16/h2-8,11H,9-10,12H2,1H3,(H,19,20). The van der Waals surface area contributed by atoms with Gasteiger partial charge in [-0.05, 0) is 42.0 Å². The summed E-state index contributed by atoms with van der Waals surface area (Å²) in [7, 11) is 1.65. The summed E-state index contributed by atoms with van der Waals surface area (Å²) in [6.45, 7) is 0.538. The molecule has 0 saturated heterocycles. The van der Waals surface area contributed by atoms with E-state index in [1.54, 1.807) is 18.9 Å². The molecule has 1 N–H and O–H groups in total. The SMILES string of the molecule is COCc1cccc(NC(=O)CCSc2ccc(Cl)cc2)c1. The quantitative estimate of drug-likeness (QED) is 0.751. The fourth-order valence-electron chi connectivity index (χ4n) is 1.92. The first kappa shape index (κ1) is 16.9. The number of ether oxygens (including phenoxy) is 1. The summed E-state index contributed by atoms with van der Waals surface area (Å²) < 4.78 is 5.08. The number of carbonyl (C=O) groups is 1. The van der Waals surface area contributed by atoms with E-state index in [1.165, 1.54) is 0 Å². The first-order valence-electron chi connectivity index (χ1n) is 6.93. The van der Waals surface area contributed by atoms with E-state index in [1.807, 2.05) is 48.5 Å². The Labute approximate surface area is 140 Å². The average Bonchev–Trinajstić information content (AvgIpc) is 2.50. The zero-order chi connectivity index (χ0) is 15.8. The zero-order valence-electron chi connectivity index (χ0n) is 12.3. The maximum absolute atomic E-state index is 11.9. The van der Waals surface area contributed by atoms with E-state index in [4.69, 9.17) is 16.3 Å². The molecule has 3 nitrogen and oxygen atoms in total. The van der Waals surface area contributed by atoms with Gasteiger partial charge in [0.25, 0.3) is 0 Å². The highest BCUT2D eigenvalue weighted by atomic mass is 35.5. The second-order valence-electron chi connectivity index (χ2n) is 4.73. The van der Waals surface area contributed by atoms with Gasteiger partial charge in [-0.1, -0.05) is 23.7 Å². The van der Waals surface area contributed by atoms with Gasteiger partial charge >= 0.3 is 0 Å². The lowest BCUT2D eigenvalue weighted by Crippen LogP contribution is -2.12. The molecule has 2 rings (SSSR count). The van der Waals surface area contributed by atoms with Crippen LogP contribution in [0.15, 0.2) is 53.4 Å².